The number of carbonyl (C=O) groups excluding carboxylic acids is 1. The van der Waals surface area contributed by atoms with Crippen molar-refractivity contribution in [2.75, 3.05) is 68.7 Å². The summed E-state index contributed by atoms with van der Waals surface area (Å²) in [5.74, 6) is -0.505. The number of furan rings is 1. The molecule has 2 saturated heterocycles. The molecule has 1 aromatic carbocycles. The van der Waals surface area contributed by atoms with E-state index in [1.807, 2.05) is 9.80 Å². The van der Waals surface area contributed by atoms with E-state index >= 15 is 0 Å². The van der Waals surface area contributed by atoms with Gasteiger partial charge in [0, 0.05) is 52.4 Å². The molecule has 1 amide bonds. The second-order valence-electron chi connectivity index (χ2n) is 7.73. The molecular weight excluding hydrogens is 405 g/mol. The molecule has 1 aromatic heterocycles. The number of nitro benzene ring substituents is 1. The number of likely N-dealkylation sites (N-methyl/N-ethyl adjacent to an activating group) is 1. The van der Waals surface area contributed by atoms with Crippen molar-refractivity contribution in [3.63, 3.8) is 0 Å². The van der Waals surface area contributed by atoms with Crippen LogP contribution in [-0.2, 0) is 0 Å². The fourth-order valence-electron chi connectivity index (χ4n) is 4.19. The minimum atomic E-state index is -0.577. The van der Waals surface area contributed by atoms with E-state index in [4.69, 9.17) is 4.42 Å². The smallest absolute Gasteiger partial charge is 0.295 e. The van der Waals surface area contributed by atoms with Gasteiger partial charge >= 0.3 is 0 Å². The van der Waals surface area contributed by atoms with Crippen molar-refractivity contribution in [3.05, 3.63) is 52.2 Å². The van der Waals surface area contributed by atoms with Crippen molar-refractivity contribution >= 4 is 23.0 Å². The molecule has 3 heterocycles. The first kappa shape index (κ1) is 21.1. The molecule has 0 spiro atoms. The Balaban J connectivity index is 1.53. The van der Waals surface area contributed by atoms with E-state index in [-0.39, 0.29) is 17.4 Å². The van der Waals surface area contributed by atoms with Crippen molar-refractivity contribution in [3.8, 4) is 0 Å². The van der Waals surface area contributed by atoms with Crippen molar-refractivity contribution in [1.29, 1.82) is 0 Å². The Hall–Kier alpha value is -3.14. The predicted octanol–water partition coefficient (Wildman–Crippen LogP) is 2.43. The number of nitrogens with zero attached hydrogens (tertiary/aromatic N) is 5. The van der Waals surface area contributed by atoms with Crippen LogP contribution < -0.4 is 9.80 Å². The van der Waals surface area contributed by atoms with Crippen LogP contribution in [0.3, 0.4) is 0 Å². The number of hydrogen-bond donors (Lipinski definition) is 0. The number of nitro groups is 1. The Morgan fingerprint density at radius 3 is 2.29 bits per heavy atom. The van der Waals surface area contributed by atoms with Crippen molar-refractivity contribution < 1.29 is 18.5 Å². The standard InChI is InChI=1S/C21H26FN5O4/c1-2-23-5-7-24(8-6-23)17-15-18(19(27(29)30)14-16(17)22)25-9-11-26(12-10-25)21(28)20-4-3-13-31-20/h3-4,13-15H,2,5-12H2,1H3. The second-order valence-corrected chi connectivity index (χ2v) is 7.73. The maximum absolute atomic E-state index is 14.8. The quantitative estimate of drug-likeness (QED) is 0.531. The molecule has 9 nitrogen and oxygen atoms in total. The highest BCUT2D eigenvalue weighted by atomic mass is 19.1. The van der Waals surface area contributed by atoms with Crippen LogP contribution in [-0.4, -0.2) is 79.5 Å². The number of benzene rings is 1. The topological polar surface area (TPSA) is 86.3 Å². The zero-order valence-corrected chi connectivity index (χ0v) is 17.5. The molecule has 166 valence electrons. The summed E-state index contributed by atoms with van der Waals surface area (Å²) in [5, 5.41) is 11.6. The number of halogens is 1. The molecule has 10 heteroatoms. The largest absolute Gasteiger partial charge is 0.459 e. The molecule has 0 N–H and O–H groups in total. The SMILES string of the molecule is CCN1CCN(c2cc(N3CCN(C(=O)c4ccco4)CC3)c([N+](=O)[O-])cc2F)CC1. The highest BCUT2D eigenvalue weighted by molar-refractivity contribution is 5.91. The summed E-state index contributed by atoms with van der Waals surface area (Å²) in [6, 6.07) is 5.90. The van der Waals surface area contributed by atoms with Gasteiger partial charge in [0.05, 0.1) is 22.9 Å². The molecule has 0 radical (unpaired) electrons. The lowest BCUT2D eigenvalue weighted by molar-refractivity contribution is -0.384. The van der Waals surface area contributed by atoms with Gasteiger partial charge < -0.3 is 24.0 Å². The third kappa shape index (κ3) is 4.34. The molecule has 0 unspecified atom stereocenters. The molecule has 0 atom stereocenters. The van der Waals surface area contributed by atoms with Gasteiger partial charge in [-0.15, -0.1) is 0 Å². The number of rotatable bonds is 5. The first-order valence-electron chi connectivity index (χ1n) is 10.5. The summed E-state index contributed by atoms with van der Waals surface area (Å²) in [6.45, 7) is 7.69. The zero-order chi connectivity index (χ0) is 22.0. The fourth-order valence-corrected chi connectivity index (χ4v) is 4.19. The van der Waals surface area contributed by atoms with E-state index < -0.39 is 10.7 Å². The summed E-state index contributed by atoms with van der Waals surface area (Å²) < 4.78 is 20.0. The van der Waals surface area contributed by atoms with Crippen LogP contribution in [0.4, 0.5) is 21.5 Å². The average molecular weight is 431 g/mol. The molecule has 2 aliphatic heterocycles. The van der Waals surface area contributed by atoms with Crippen molar-refractivity contribution in [2.45, 2.75) is 6.92 Å². The van der Waals surface area contributed by atoms with Crippen LogP contribution in [0.5, 0.6) is 0 Å². The lowest BCUT2D eigenvalue weighted by Gasteiger charge is -2.37. The van der Waals surface area contributed by atoms with Gasteiger partial charge in [0.25, 0.3) is 11.6 Å². The van der Waals surface area contributed by atoms with Gasteiger partial charge in [-0.3, -0.25) is 14.9 Å². The Morgan fingerprint density at radius 2 is 1.71 bits per heavy atom. The van der Waals surface area contributed by atoms with Crippen LogP contribution in [0.1, 0.15) is 17.5 Å². The Morgan fingerprint density at radius 1 is 1.06 bits per heavy atom. The maximum Gasteiger partial charge on any atom is 0.295 e. The minimum Gasteiger partial charge on any atom is -0.459 e. The number of carbonyl (C=O) groups is 1. The first-order valence-corrected chi connectivity index (χ1v) is 10.5. The summed E-state index contributed by atoms with van der Waals surface area (Å²) in [5.41, 5.74) is 0.536. The van der Waals surface area contributed by atoms with E-state index in [0.29, 0.717) is 50.6 Å². The summed E-state index contributed by atoms with van der Waals surface area (Å²) >= 11 is 0. The minimum absolute atomic E-state index is 0.201. The maximum atomic E-state index is 14.8. The van der Waals surface area contributed by atoms with Gasteiger partial charge in [-0.2, -0.15) is 0 Å². The third-order valence-corrected chi connectivity index (χ3v) is 6.04. The van der Waals surface area contributed by atoms with Gasteiger partial charge in [0.1, 0.15) is 5.69 Å². The molecule has 0 aliphatic carbocycles. The normalized spacial score (nSPS) is 17.8. The van der Waals surface area contributed by atoms with Crippen LogP contribution in [0.25, 0.3) is 0 Å². The molecular formula is C21H26FN5O4. The molecule has 4 rings (SSSR count). The van der Waals surface area contributed by atoms with Crippen LogP contribution in [0.2, 0.25) is 0 Å². The van der Waals surface area contributed by atoms with E-state index in [9.17, 15) is 19.3 Å². The highest BCUT2D eigenvalue weighted by Gasteiger charge is 2.30. The average Bonchev–Trinajstić information content (AvgIpc) is 3.33. The first-order chi connectivity index (χ1) is 15.0. The third-order valence-electron chi connectivity index (χ3n) is 6.04. The van der Waals surface area contributed by atoms with Gasteiger partial charge in [-0.05, 0) is 24.7 Å². The fraction of sp³-hybridized carbons (Fsp3) is 0.476. The van der Waals surface area contributed by atoms with E-state index in [2.05, 4.69) is 11.8 Å². The second kappa shape index (κ2) is 8.93. The molecule has 2 aromatic rings. The lowest BCUT2D eigenvalue weighted by Crippen LogP contribution is -2.49. The lowest BCUT2D eigenvalue weighted by atomic mass is 10.1. The van der Waals surface area contributed by atoms with Gasteiger partial charge in [-0.1, -0.05) is 6.92 Å². The van der Waals surface area contributed by atoms with Crippen LogP contribution in [0.15, 0.2) is 34.9 Å². The van der Waals surface area contributed by atoms with E-state index in [1.165, 1.54) is 6.26 Å². The van der Waals surface area contributed by atoms with E-state index in [0.717, 1.165) is 25.7 Å². The monoisotopic (exact) mass is 431 g/mol. The van der Waals surface area contributed by atoms with Crippen LogP contribution >= 0.6 is 0 Å². The van der Waals surface area contributed by atoms with Crippen molar-refractivity contribution in [1.82, 2.24) is 9.80 Å². The van der Waals surface area contributed by atoms with E-state index in [1.54, 1.807) is 23.1 Å². The number of hydrogen-bond acceptors (Lipinski definition) is 7. The number of amides is 1. The molecule has 0 bridgehead atoms. The summed E-state index contributed by atoms with van der Waals surface area (Å²) in [4.78, 5) is 31.3. The number of anilines is 2. The number of piperazine rings is 2. The predicted molar refractivity (Wildman–Crippen MR) is 114 cm³/mol. The molecule has 2 fully saturated rings. The van der Waals surface area contributed by atoms with Gasteiger partial charge in [-0.25, -0.2) is 4.39 Å². The zero-order valence-electron chi connectivity index (χ0n) is 17.5. The van der Waals surface area contributed by atoms with Gasteiger partial charge in [0.2, 0.25) is 0 Å². The summed E-state index contributed by atoms with van der Waals surface area (Å²) in [7, 11) is 0. The Labute approximate surface area is 179 Å². The highest BCUT2D eigenvalue weighted by Crippen LogP contribution is 2.36. The molecule has 2 aliphatic rings. The molecule has 0 saturated carbocycles. The molecule has 31 heavy (non-hydrogen) atoms. The van der Waals surface area contributed by atoms with Crippen LogP contribution in [0, 0.1) is 15.9 Å². The summed E-state index contributed by atoms with van der Waals surface area (Å²) in [6.07, 6.45) is 1.45. The van der Waals surface area contributed by atoms with Gasteiger partial charge in [0.15, 0.2) is 11.6 Å². The Kier molecular flexibility index (Phi) is 6.08. The van der Waals surface area contributed by atoms with Crippen molar-refractivity contribution in [2.24, 2.45) is 0 Å². The Bertz CT molecular complexity index is 935.